The zero-order valence-electron chi connectivity index (χ0n) is 5.01. The fourth-order valence-corrected chi connectivity index (χ4v) is 0.977. The van der Waals surface area contributed by atoms with E-state index in [0.717, 1.165) is 6.61 Å². The molecule has 0 spiro atoms. The van der Waals surface area contributed by atoms with Crippen molar-refractivity contribution in [2.75, 3.05) is 0 Å². The summed E-state index contributed by atoms with van der Waals surface area (Å²) in [5, 5.41) is 9.40. The van der Waals surface area contributed by atoms with Gasteiger partial charge in [0.1, 0.15) is 6.61 Å². The minimum absolute atomic E-state index is 0.381. The summed E-state index contributed by atoms with van der Waals surface area (Å²) >= 11 is 11.3. The second-order valence-electron chi connectivity index (χ2n) is 1.77. The molecule has 1 N–H and O–H groups in total. The predicted molar refractivity (Wildman–Crippen MR) is 41.8 cm³/mol. The monoisotopic (exact) mass is 175 g/mol. The molecule has 1 aromatic carbocycles. The van der Waals surface area contributed by atoms with Gasteiger partial charge in [-0.3, -0.25) is 0 Å². The normalized spacial score (nSPS) is 9.90. The van der Waals surface area contributed by atoms with Gasteiger partial charge in [-0.15, -0.1) is 0 Å². The summed E-state index contributed by atoms with van der Waals surface area (Å²) in [6, 6.07) is 5.06. The predicted octanol–water partition coefficient (Wildman–Crippen LogP) is 2.88. The molecule has 0 aliphatic rings. The summed E-state index contributed by atoms with van der Waals surface area (Å²) in [6.07, 6.45) is 0. The summed E-state index contributed by atoms with van der Waals surface area (Å²) < 4.78 is 0. The molecule has 0 saturated heterocycles. The van der Waals surface area contributed by atoms with Crippen molar-refractivity contribution in [1.82, 2.24) is 0 Å². The van der Waals surface area contributed by atoms with Crippen LogP contribution >= 0.6 is 23.2 Å². The van der Waals surface area contributed by atoms with E-state index >= 15 is 0 Å². The van der Waals surface area contributed by atoms with Gasteiger partial charge in [0.25, 0.3) is 0 Å². The van der Waals surface area contributed by atoms with E-state index in [2.05, 4.69) is 0 Å². The zero-order valence-corrected chi connectivity index (χ0v) is 6.52. The summed E-state index contributed by atoms with van der Waals surface area (Å²) in [5.41, 5.74) is 0.536. The van der Waals surface area contributed by atoms with Crippen molar-refractivity contribution < 1.29 is 5.11 Å². The standard InChI is InChI=1S/C7H5Cl2O/c8-6-3-1-2-5(4-10)7(6)9/h1-4,10H. The highest BCUT2D eigenvalue weighted by Crippen LogP contribution is 2.25. The first-order chi connectivity index (χ1) is 4.75. The van der Waals surface area contributed by atoms with Crippen molar-refractivity contribution in [3.05, 3.63) is 40.4 Å². The molecular formula is C7H5Cl2O. The second kappa shape index (κ2) is 3.24. The molecule has 3 heteroatoms. The van der Waals surface area contributed by atoms with Crippen LogP contribution in [0.3, 0.4) is 0 Å². The van der Waals surface area contributed by atoms with E-state index in [1.165, 1.54) is 0 Å². The molecule has 0 aromatic heterocycles. The molecule has 1 radical (unpaired) electrons. The Morgan fingerprint density at radius 1 is 1.30 bits per heavy atom. The van der Waals surface area contributed by atoms with E-state index in [1.54, 1.807) is 18.2 Å². The van der Waals surface area contributed by atoms with Gasteiger partial charge in [0, 0.05) is 5.56 Å². The van der Waals surface area contributed by atoms with E-state index in [9.17, 15) is 0 Å². The molecule has 0 saturated carbocycles. The lowest BCUT2D eigenvalue weighted by atomic mass is 10.2. The molecule has 0 amide bonds. The van der Waals surface area contributed by atoms with Crippen molar-refractivity contribution >= 4 is 23.2 Å². The molecule has 1 aromatic rings. The van der Waals surface area contributed by atoms with Crippen LogP contribution < -0.4 is 0 Å². The molecule has 1 nitrogen and oxygen atoms in total. The molecule has 53 valence electrons. The van der Waals surface area contributed by atoms with E-state index in [-0.39, 0.29) is 0 Å². The van der Waals surface area contributed by atoms with Crippen LogP contribution in [0.2, 0.25) is 10.0 Å². The first-order valence-corrected chi connectivity index (χ1v) is 3.42. The van der Waals surface area contributed by atoms with Crippen molar-refractivity contribution in [3.8, 4) is 0 Å². The Bertz CT molecular complexity index is 235. The van der Waals surface area contributed by atoms with Gasteiger partial charge in [0.15, 0.2) is 0 Å². The number of aliphatic hydroxyl groups excluding tert-OH is 1. The lowest BCUT2D eigenvalue weighted by Crippen LogP contribution is -1.81. The Morgan fingerprint density at radius 3 is 2.50 bits per heavy atom. The fourth-order valence-electron chi connectivity index (χ4n) is 0.620. The van der Waals surface area contributed by atoms with Crippen molar-refractivity contribution in [3.63, 3.8) is 0 Å². The number of hydrogen-bond donors (Lipinski definition) is 1. The lowest BCUT2D eigenvalue weighted by molar-refractivity contribution is 0.415. The SMILES string of the molecule is O[CH]c1cccc(Cl)c1Cl. The quantitative estimate of drug-likeness (QED) is 0.697. The van der Waals surface area contributed by atoms with Crippen molar-refractivity contribution in [1.29, 1.82) is 0 Å². The van der Waals surface area contributed by atoms with Gasteiger partial charge in [-0.05, 0) is 6.07 Å². The topological polar surface area (TPSA) is 20.2 Å². The van der Waals surface area contributed by atoms with E-state index in [4.69, 9.17) is 28.3 Å². The highest BCUT2D eigenvalue weighted by molar-refractivity contribution is 6.42. The van der Waals surface area contributed by atoms with Crippen LogP contribution in [0.4, 0.5) is 0 Å². The number of benzene rings is 1. The minimum atomic E-state index is 0.381. The molecule has 0 aliphatic carbocycles. The van der Waals surface area contributed by atoms with Crippen LogP contribution in [0.25, 0.3) is 0 Å². The molecule has 1 rings (SSSR count). The molecule has 0 bridgehead atoms. The Labute approximate surface area is 69.2 Å². The number of aliphatic hydroxyl groups is 1. The highest BCUT2D eigenvalue weighted by Gasteiger charge is 2.01. The van der Waals surface area contributed by atoms with E-state index < -0.39 is 0 Å². The third-order valence-corrected chi connectivity index (χ3v) is 1.95. The average molecular weight is 176 g/mol. The van der Waals surface area contributed by atoms with Crippen molar-refractivity contribution in [2.24, 2.45) is 0 Å². The minimum Gasteiger partial charge on any atom is -0.385 e. The highest BCUT2D eigenvalue weighted by atomic mass is 35.5. The van der Waals surface area contributed by atoms with Crippen LogP contribution in [-0.4, -0.2) is 5.11 Å². The first-order valence-electron chi connectivity index (χ1n) is 2.67. The second-order valence-corrected chi connectivity index (χ2v) is 2.56. The third kappa shape index (κ3) is 1.43. The summed E-state index contributed by atoms with van der Waals surface area (Å²) in [4.78, 5) is 0. The molecule has 0 heterocycles. The van der Waals surface area contributed by atoms with Crippen LogP contribution in [0.1, 0.15) is 5.56 Å². The summed E-state index contributed by atoms with van der Waals surface area (Å²) in [5.74, 6) is 0. The maximum absolute atomic E-state index is 8.57. The molecule has 0 atom stereocenters. The maximum atomic E-state index is 8.57. The molecule has 10 heavy (non-hydrogen) atoms. The van der Waals surface area contributed by atoms with Gasteiger partial charge in [-0.25, -0.2) is 0 Å². The van der Waals surface area contributed by atoms with Gasteiger partial charge >= 0.3 is 0 Å². The molecule has 0 fully saturated rings. The third-order valence-electron chi connectivity index (χ3n) is 1.12. The number of halogens is 2. The molecule has 0 unspecified atom stereocenters. The van der Waals surface area contributed by atoms with Gasteiger partial charge in [-0.2, -0.15) is 0 Å². The molecular weight excluding hydrogens is 171 g/mol. The Morgan fingerprint density at radius 2 is 2.00 bits per heavy atom. The van der Waals surface area contributed by atoms with Crippen LogP contribution in [-0.2, 0) is 0 Å². The largest absolute Gasteiger partial charge is 0.385 e. The zero-order chi connectivity index (χ0) is 7.56. The summed E-state index contributed by atoms with van der Waals surface area (Å²) in [6.45, 7) is 0.925. The maximum Gasteiger partial charge on any atom is 0.111 e. The van der Waals surface area contributed by atoms with Gasteiger partial charge in [0.2, 0.25) is 0 Å². The fraction of sp³-hybridized carbons (Fsp3) is 0. The van der Waals surface area contributed by atoms with Crippen LogP contribution in [0.5, 0.6) is 0 Å². The number of hydrogen-bond acceptors (Lipinski definition) is 1. The molecule has 0 aliphatic heterocycles. The lowest BCUT2D eigenvalue weighted by Gasteiger charge is -1.99. The smallest absolute Gasteiger partial charge is 0.111 e. The van der Waals surface area contributed by atoms with Crippen LogP contribution in [0, 0.1) is 6.61 Å². The number of rotatable bonds is 1. The summed E-state index contributed by atoms with van der Waals surface area (Å²) in [7, 11) is 0. The first kappa shape index (κ1) is 7.86. The van der Waals surface area contributed by atoms with Gasteiger partial charge < -0.3 is 5.11 Å². The van der Waals surface area contributed by atoms with Crippen LogP contribution in [0.15, 0.2) is 18.2 Å². The van der Waals surface area contributed by atoms with E-state index in [1.807, 2.05) is 0 Å². The Kier molecular flexibility index (Phi) is 2.55. The van der Waals surface area contributed by atoms with Crippen molar-refractivity contribution in [2.45, 2.75) is 0 Å². The average Bonchev–Trinajstić information content (AvgIpc) is 1.95. The van der Waals surface area contributed by atoms with Gasteiger partial charge in [0.05, 0.1) is 10.0 Å². The van der Waals surface area contributed by atoms with Gasteiger partial charge in [-0.1, -0.05) is 35.3 Å². The Hall–Kier alpha value is -0.240. The Balaban J connectivity index is 3.14. The van der Waals surface area contributed by atoms with E-state index in [0.29, 0.717) is 15.6 Å².